The zero-order valence-corrected chi connectivity index (χ0v) is 12.1. The minimum Gasteiger partial charge on any atom is -0.386 e. The standard InChI is InChI=1S/C16H26O3/c1-3-5-14-6-8-15(9-7-14)16(17)13-19-12-11-18-10-4-2/h6-9,16-17H,3-5,10-13H2,1-2H3. The Labute approximate surface area is 116 Å². The molecule has 1 unspecified atom stereocenters. The van der Waals surface area contributed by atoms with Gasteiger partial charge in [0, 0.05) is 6.61 Å². The number of aryl methyl sites for hydroxylation is 1. The molecule has 1 rings (SSSR count). The molecule has 0 saturated heterocycles. The lowest BCUT2D eigenvalue weighted by Gasteiger charge is -2.12. The molecule has 0 aliphatic carbocycles. The van der Waals surface area contributed by atoms with Crippen LogP contribution in [-0.4, -0.2) is 31.5 Å². The SMILES string of the molecule is CCCOCCOCC(O)c1ccc(CCC)cc1. The highest BCUT2D eigenvalue weighted by Gasteiger charge is 2.07. The van der Waals surface area contributed by atoms with E-state index in [0.29, 0.717) is 19.8 Å². The van der Waals surface area contributed by atoms with Crippen molar-refractivity contribution in [1.29, 1.82) is 0 Å². The first-order valence-corrected chi connectivity index (χ1v) is 7.20. The Morgan fingerprint density at radius 1 is 0.947 bits per heavy atom. The highest BCUT2D eigenvalue weighted by atomic mass is 16.5. The Balaban J connectivity index is 2.23. The van der Waals surface area contributed by atoms with Gasteiger partial charge in [-0.3, -0.25) is 0 Å². The second-order valence-corrected chi connectivity index (χ2v) is 4.69. The van der Waals surface area contributed by atoms with Gasteiger partial charge in [-0.2, -0.15) is 0 Å². The normalized spacial score (nSPS) is 12.6. The number of aliphatic hydroxyl groups is 1. The molecule has 0 bridgehead atoms. The second-order valence-electron chi connectivity index (χ2n) is 4.69. The van der Waals surface area contributed by atoms with E-state index in [9.17, 15) is 5.11 Å². The lowest BCUT2D eigenvalue weighted by atomic mass is 10.0. The Kier molecular flexibility index (Phi) is 8.47. The first kappa shape index (κ1) is 16.2. The fraction of sp³-hybridized carbons (Fsp3) is 0.625. The molecule has 0 radical (unpaired) electrons. The van der Waals surface area contributed by atoms with E-state index in [1.165, 1.54) is 5.56 Å². The van der Waals surface area contributed by atoms with Crippen LogP contribution in [0.5, 0.6) is 0 Å². The van der Waals surface area contributed by atoms with Crippen molar-refractivity contribution in [3.8, 4) is 0 Å². The van der Waals surface area contributed by atoms with Crippen LogP contribution in [0.3, 0.4) is 0 Å². The topological polar surface area (TPSA) is 38.7 Å². The van der Waals surface area contributed by atoms with E-state index < -0.39 is 6.10 Å². The van der Waals surface area contributed by atoms with Gasteiger partial charge in [0.25, 0.3) is 0 Å². The summed E-state index contributed by atoms with van der Waals surface area (Å²) in [5.74, 6) is 0. The molecule has 3 nitrogen and oxygen atoms in total. The van der Waals surface area contributed by atoms with Crippen molar-refractivity contribution in [3.63, 3.8) is 0 Å². The van der Waals surface area contributed by atoms with Crippen LogP contribution < -0.4 is 0 Å². The third-order valence-electron chi connectivity index (χ3n) is 2.90. The van der Waals surface area contributed by atoms with Crippen molar-refractivity contribution in [2.45, 2.75) is 39.2 Å². The molecular weight excluding hydrogens is 240 g/mol. The van der Waals surface area contributed by atoms with Crippen LogP contribution in [0, 0.1) is 0 Å². The van der Waals surface area contributed by atoms with E-state index in [2.05, 4.69) is 26.0 Å². The first-order valence-electron chi connectivity index (χ1n) is 7.20. The smallest absolute Gasteiger partial charge is 0.102 e. The van der Waals surface area contributed by atoms with E-state index >= 15 is 0 Å². The van der Waals surface area contributed by atoms with Crippen molar-refractivity contribution in [3.05, 3.63) is 35.4 Å². The molecular formula is C16H26O3. The van der Waals surface area contributed by atoms with Crippen LogP contribution >= 0.6 is 0 Å². The van der Waals surface area contributed by atoms with Crippen LogP contribution in [0.25, 0.3) is 0 Å². The van der Waals surface area contributed by atoms with Gasteiger partial charge in [-0.25, -0.2) is 0 Å². The van der Waals surface area contributed by atoms with Crippen molar-refractivity contribution < 1.29 is 14.6 Å². The summed E-state index contributed by atoms with van der Waals surface area (Å²) in [5.41, 5.74) is 2.22. The Bertz CT molecular complexity index is 321. The number of ether oxygens (including phenoxy) is 2. The van der Waals surface area contributed by atoms with E-state index in [1.54, 1.807) is 0 Å². The summed E-state index contributed by atoms with van der Waals surface area (Å²) in [6, 6.07) is 8.11. The molecule has 0 amide bonds. The average molecular weight is 266 g/mol. The van der Waals surface area contributed by atoms with Gasteiger partial charge >= 0.3 is 0 Å². The predicted octanol–water partition coefficient (Wildman–Crippen LogP) is 3.12. The molecule has 0 aromatic heterocycles. The van der Waals surface area contributed by atoms with Crippen molar-refractivity contribution in [2.24, 2.45) is 0 Å². The van der Waals surface area contributed by atoms with E-state index in [0.717, 1.165) is 31.4 Å². The van der Waals surface area contributed by atoms with Gasteiger partial charge < -0.3 is 14.6 Å². The fourth-order valence-electron chi connectivity index (χ4n) is 1.85. The summed E-state index contributed by atoms with van der Waals surface area (Å²) in [6.45, 7) is 6.46. The maximum absolute atomic E-state index is 9.98. The highest BCUT2D eigenvalue weighted by molar-refractivity contribution is 5.24. The van der Waals surface area contributed by atoms with E-state index in [1.807, 2.05) is 12.1 Å². The lowest BCUT2D eigenvalue weighted by molar-refractivity contribution is 0.00326. The van der Waals surface area contributed by atoms with Crippen LogP contribution in [0.1, 0.15) is 43.9 Å². The van der Waals surface area contributed by atoms with E-state index in [4.69, 9.17) is 9.47 Å². The molecule has 0 heterocycles. The molecule has 1 N–H and O–H groups in total. The summed E-state index contributed by atoms with van der Waals surface area (Å²) in [4.78, 5) is 0. The maximum Gasteiger partial charge on any atom is 0.102 e. The lowest BCUT2D eigenvalue weighted by Crippen LogP contribution is -2.11. The van der Waals surface area contributed by atoms with Gasteiger partial charge in [-0.1, -0.05) is 44.5 Å². The molecule has 19 heavy (non-hydrogen) atoms. The van der Waals surface area contributed by atoms with Crippen molar-refractivity contribution in [2.75, 3.05) is 26.4 Å². The molecule has 0 aliphatic rings. The van der Waals surface area contributed by atoms with Crippen molar-refractivity contribution in [1.82, 2.24) is 0 Å². The number of benzene rings is 1. The number of hydrogen-bond donors (Lipinski definition) is 1. The molecule has 3 heteroatoms. The van der Waals surface area contributed by atoms with E-state index in [-0.39, 0.29) is 0 Å². The minimum absolute atomic E-state index is 0.322. The third kappa shape index (κ3) is 6.71. The summed E-state index contributed by atoms with van der Waals surface area (Å²) in [5, 5.41) is 9.98. The van der Waals surface area contributed by atoms with Gasteiger partial charge in [0.15, 0.2) is 0 Å². The zero-order valence-electron chi connectivity index (χ0n) is 12.1. The zero-order chi connectivity index (χ0) is 13.9. The average Bonchev–Trinajstić information content (AvgIpc) is 2.43. The highest BCUT2D eigenvalue weighted by Crippen LogP contribution is 2.15. The number of aliphatic hydroxyl groups excluding tert-OH is 1. The van der Waals surface area contributed by atoms with Gasteiger partial charge in [0.1, 0.15) is 6.10 Å². The van der Waals surface area contributed by atoms with Crippen LogP contribution in [0.2, 0.25) is 0 Å². The van der Waals surface area contributed by atoms with Crippen LogP contribution in [0.15, 0.2) is 24.3 Å². The second kappa shape index (κ2) is 9.96. The van der Waals surface area contributed by atoms with Gasteiger partial charge in [-0.05, 0) is 24.0 Å². The van der Waals surface area contributed by atoms with Gasteiger partial charge in [-0.15, -0.1) is 0 Å². The largest absolute Gasteiger partial charge is 0.386 e. The fourth-order valence-corrected chi connectivity index (χ4v) is 1.85. The summed E-state index contributed by atoms with van der Waals surface area (Å²) < 4.78 is 10.7. The van der Waals surface area contributed by atoms with Gasteiger partial charge in [0.2, 0.25) is 0 Å². The quantitative estimate of drug-likeness (QED) is 0.661. The molecule has 108 valence electrons. The molecule has 0 aliphatic heterocycles. The Hall–Kier alpha value is -0.900. The summed E-state index contributed by atoms with van der Waals surface area (Å²) in [6.07, 6.45) is 2.69. The maximum atomic E-state index is 9.98. The predicted molar refractivity (Wildman–Crippen MR) is 77.3 cm³/mol. The monoisotopic (exact) mass is 266 g/mol. The summed E-state index contributed by atoms with van der Waals surface area (Å²) in [7, 11) is 0. The third-order valence-corrected chi connectivity index (χ3v) is 2.90. The molecule has 1 aromatic rings. The molecule has 0 spiro atoms. The Morgan fingerprint density at radius 3 is 2.26 bits per heavy atom. The minimum atomic E-state index is -0.554. The Morgan fingerprint density at radius 2 is 1.63 bits per heavy atom. The van der Waals surface area contributed by atoms with Crippen LogP contribution in [-0.2, 0) is 15.9 Å². The molecule has 0 saturated carbocycles. The first-order chi connectivity index (χ1) is 9.27. The van der Waals surface area contributed by atoms with Crippen LogP contribution in [0.4, 0.5) is 0 Å². The number of hydrogen-bond acceptors (Lipinski definition) is 3. The molecule has 1 aromatic carbocycles. The van der Waals surface area contributed by atoms with Crippen molar-refractivity contribution >= 4 is 0 Å². The molecule has 0 fully saturated rings. The molecule has 1 atom stereocenters. The number of rotatable bonds is 10. The van der Waals surface area contributed by atoms with Gasteiger partial charge in [0.05, 0.1) is 19.8 Å². The summed E-state index contributed by atoms with van der Waals surface area (Å²) >= 11 is 0.